The smallest absolute Gasteiger partial charge is 0.143 e. The molecule has 1 aliphatic rings. The van der Waals surface area contributed by atoms with E-state index in [1.165, 1.54) is 17.7 Å². The third-order valence-corrected chi connectivity index (χ3v) is 3.34. The molecule has 4 heteroatoms. The minimum atomic E-state index is -0.506. The maximum Gasteiger partial charge on any atom is 0.143 e. The normalized spacial score (nSPS) is 16.1. The minimum Gasteiger partial charge on any atom is -0.488 e. The first-order valence-electron chi connectivity index (χ1n) is 6.44. The molecular formula is C16H13FN2O. The molecule has 1 aliphatic heterocycles. The van der Waals surface area contributed by atoms with Crippen molar-refractivity contribution in [2.24, 2.45) is 0 Å². The maximum absolute atomic E-state index is 13.5. The number of nitriles is 1. The summed E-state index contributed by atoms with van der Waals surface area (Å²) in [4.78, 5) is 0. The highest BCUT2D eigenvalue weighted by atomic mass is 19.1. The lowest BCUT2D eigenvalue weighted by Gasteiger charge is -2.13. The Morgan fingerprint density at radius 2 is 2.15 bits per heavy atom. The fraction of sp³-hybridized carbons (Fsp3) is 0.188. The molecule has 0 bridgehead atoms. The summed E-state index contributed by atoms with van der Waals surface area (Å²) in [7, 11) is 0. The Kier molecular flexibility index (Phi) is 3.26. The minimum absolute atomic E-state index is 0.0473. The molecule has 20 heavy (non-hydrogen) atoms. The van der Waals surface area contributed by atoms with E-state index in [1.807, 2.05) is 18.2 Å². The first-order valence-corrected chi connectivity index (χ1v) is 6.44. The summed E-state index contributed by atoms with van der Waals surface area (Å²) in [5.74, 6) is 0.415. The lowest BCUT2D eigenvalue weighted by Crippen LogP contribution is -2.24. The second-order valence-electron chi connectivity index (χ2n) is 4.74. The number of halogens is 1. The van der Waals surface area contributed by atoms with Crippen LogP contribution in [-0.4, -0.2) is 12.6 Å². The van der Waals surface area contributed by atoms with Gasteiger partial charge in [0.2, 0.25) is 0 Å². The fourth-order valence-corrected chi connectivity index (χ4v) is 2.32. The number of ether oxygens (including phenoxy) is 1. The number of nitrogens with zero attached hydrogens (tertiary/aromatic N) is 1. The lowest BCUT2D eigenvalue weighted by atomic mass is 10.1. The summed E-state index contributed by atoms with van der Waals surface area (Å²) in [5.41, 5.74) is 1.91. The number of hydrogen-bond donors (Lipinski definition) is 1. The number of hydrogen-bond acceptors (Lipinski definition) is 3. The van der Waals surface area contributed by atoms with Crippen molar-refractivity contribution < 1.29 is 9.13 Å². The van der Waals surface area contributed by atoms with Gasteiger partial charge < -0.3 is 10.1 Å². The zero-order chi connectivity index (χ0) is 13.9. The lowest BCUT2D eigenvalue weighted by molar-refractivity contribution is 0.246. The zero-order valence-electron chi connectivity index (χ0n) is 10.8. The summed E-state index contributed by atoms with van der Waals surface area (Å²) in [5, 5.41) is 11.8. The first-order chi connectivity index (χ1) is 9.76. The standard InChI is InChI=1S/C16H13FN2O/c17-15-8-13(6-5-12(15)9-18)19-10-14-7-11-3-1-2-4-16(11)20-14/h1-6,8,14,19H,7,10H2. The highest BCUT2D eigenvalue weighted by Gasteiger charge is 2.21. The molecule has 2 aromatic carbocycles. The number of anilines is 1. The molecule has 0 amide bonds. The molecule has 0 aromatic heterocycles. The van der Waals surface area contributed by atoms with Crippen molar-refractivity contribution in [1.82, 2.24) is 0 Å². The second kappa shape index (κ2) is 5.22. The van der Waals surface area contributed by atoms with Crippen molar-refractivity contribution in [3.63, 3.8) is 0 Å². The molecule has 3 nitrogen and oxygen atoms in total. The van der Waals surface area contributed by atoms with Crippen LogP contribution in [0, 0.1) is 17.1 Å². The molecule has 2 aromatic rings. The van der Waals surface area contributed by atoms with Crippen molar-refractivity contribution in [3.05, 3.63) is 59.4 Å². The van der Waals surface area contributed by atoms with Crippen LogP contribution in [0.15, 0.2) is 42.5 Å². The summed E-state index contributed by atoms with van der Waals surface area (Å²) >= 11 is 0. The van der Waals surface area contributed by atoms with Crippen molar-refractivity contribution in [1.29, 1.82) is 5.26 Å². The molecule has 1 N–H and O–H groups in total. The summed E-state index contributed by atoms with van der Waals surface area (Å²) < 4.78 is 19.3. The average molecular weight is 268 g/mol. The van der Waals surface area contributed by atoms with E-state index in [-0.39, 0.29) is 11.7 Å². The largest absolute Gasteiger partial charge is 0.488 e. The quantitative estimate of drug-likeness (QED) is 0.930. The van der Waals surface area contributed by atoms with Crippen LogP contribution in [0.3, 0.4) is 0 Å². The summed E-state index contributed by atoms with van der Waals surface area (Å²) in [6.07, 6.45) is 0.896. The molecule has 0 saturated heterocycles. The molecule has 0 fully saturated rings. The third-order valence-electron chi connectivity index (χ3n) is 3.34. The van der Waals surface area contributed by atoms with Crippen molar-refractivity contribution in [2.45, 2.75) is 12.5 Å². The molecular weight excluding hydrogens is 255 g/mol. The van der Waals surface area contributed by atoms with E-state index in [9.17, 15) is 4.39 Å². The van der Waals surface area contributed by atoms with Crippen LogP contribution in [0.5, 0.6) is 5.75 Å². The number of para-hydroxylation sites is 1. The van der Waals surface area contributed by atoms with Gasteiger partial charge in [0.15, 0.2) is 0 Å². The van der Waals surface area contributed by atoms with Crippen LogP contribution in [-0.2, 0) is 6.42 Å². The molecule has 100 valence electrons. The highest BCUT2D eigenvalue weighted by Crippen LogP contribution is 2.28. The maximum atomic E-state index is 13.5. The van der Waals surface area contributed by atoms with E-state index >= 15 is 0 Å². The van der Waals surface area contributed by atoms with Crippen LogP contribution in [0.25, 0.3) is 0 Å². The van der Waals surface area contributed by atoms with Gasteiger partial charge >= 0.3 is 0 Å². The predicted molar refractivity (Wildman–Crippen MR) is 74.2 cm³/mol. The Bertz CT molecular complexity index is 653. The van der Waals surface area contributed by atoms with Gasteiger partial charge in [-0.1, -0.05) is 18.2 Å². The average Bonchev–Trinajstić information content (AvgIpc) is 2.88. The Labute approximate surface area is 116 Å². The summed E-state index contributed by atoms with van der Waals surface area (Å²) in [6.45, 7) is 0.597. The van der Waals surface area contributed by atoms with E-state index in [1.54, 1.807) is 12.1 Å². The monoisotopic (exact) mass is 268 g/mol. The van der Waals surface area contributed by atoms with Gasteiger partial charge in [-0.2, -0.15) is 5.26 Å². The van der Waals surface area contributed by atoms with Gasteiger partial charge in [0.1, 0.15) is 23.7 Å². The van der Waals surface area contributed by atoms with Crippen molar-refractivity contribution in [3.8, 4) is 11.8 Å². The van der Waals surface area contributed by atoms with E-state index in [2.05, 4.69) is 11.4 Å². The molecule has 0 saturated carbocycles. The molecule has 1 unspecified atom stereocenters. The van der Waals surface area contributed by atoms with Gasteiger partial charge in [-0.3, -0.25) is 0 Å². The van der Waals surface area contributed by atoms with Gasteiger partial charge in [-0.25, -0.2) is 4.39 Å². The van der Waals surface area contributed by atoms with Gasteiger partial charge in [0, 0.05) is 12.1 Å². The van der Waals surface area contributed by atoms with Crippen LogP contribution in [0.4, 0.5) is 10.1 Å². The Morgan fingerprint density at radius 3 is 2.90 bits per heavy atom. The van der Waals surface area contributed by atoms with Crippen LogP contribution in [0.1, 0.15) is 11.1 Å². The number of benzene rings is 2. The van der Waals surface area contributed by atoms with Crippen LogP contribution in [0.2, 0.25) is 0 Å². The van der Waals surface area contributed by atoms with Crippen molar-refractivity contribution in [2.75, 3.05) is 11.9 Å². The Balaban J connectivity index is 1.62. The molecule has 0 radical (unpaired) electrons. The van der Waals surface area contributed by atoms with Crippen LogP contribution >= 0.6 is 0 Å². The van der Waals surface area contributed by atoms with Crippen LogP contribution < -0.4 is 10.1 Å². The Morgan fingerprint density at radius 1 is 1.30 bits per heavy atom. The van der Waals surface area contributed by atoms with Gasteiger partial charge in [0.05, 0.1) is 12.1 Å². The number of fused-ring (bicyclic) bond motifs is 1. The molecule has 1 atom stereocenters. The predicted octanol–water partition coefficient (Wildman–Crippen LogP) is 3.11. The second-order valence-corrected chi connectivity index (χ2v) is 4.74. The SMILES string of the molecule is N#Cc1ccc(NCC2Cc3ccccc3O2)cc1F. The van der Waals surface area contributed by atoms with Gasteiger partial charge in [0.25, 0.3) is 0 Å². The van der Waals surface area contributed by atoms with E-state index < -0.39 is 5.82 Å². The van der Waals surface area contributed by atoms with Gasteiger partial charge in [-0.05, 0) is 29.8 Å². The molecule has 0 spiro atoms. The molecule has 3 rings (SSSR count). The zero-order valence-corrected chi connectivity index (χ0v) is 10.8. The summed E-state index contributed by atoms with van der Waals surface area (Å²) in [6, 6.07) is 14.3. The molecule has 1 heterocycles. The fourth-order valence-electron chi connectivity index (χ4n) is 2.32. The van der Waals surface area contributed by atoms with Crippen molar-refractivity contribution >= 4 is 5.69 Å². The third kappa shape index (κ3) is 2.43. The molecule has 0 aliphatic carbocycles. The van der Waals surface area contributed by atoms with E-state index in [4.69, 9.17) is 10.00 Å². The number of nitrogens with one attached hydrogen (secondary N) is 1. The van der Waals surface area contributed by atoms with E-state index in [0.717, 1.165) is 12.2 Å². The number of rotatable bonds is 3. The van der Waals surface area contributed by atoms with E-state index in [0.29, 0.717) is 12.2 Å². The van der Waals surface area contributed by atoms with Gasteiger partial charge in [-0.15, -0.1) is 0 Å². The topological polar surface area (TPSA) is 45.0 Å². The first kappa shape index (κ1) is 12.5. The Hall–Kier alpha value is -2.54. The highest BCUT2D eigenvalue weighted by molar-refractivity contribution is 5.48.